The number of nitrogens with one attached hydrogen (secondary N) is 2. The fraction of sp³-hybridized carbons (Fsp3) is 0.227. The van der Waals surface area contributed by atoms with Gasteiger partial charge >= 0.3 is 0 Å². The fourth-order valence-electron chi connectivity index (χ4n) is 2.88. The van der Waals surface area contributed by atoms with Gasteiger partial charge < -0.3 is 15.5 Å². The highest BCUT2D eigenvalue weighted by atomic mass is 16.1. The van der Waals surface area contributed by atoms with Gasteiger partial charge in [-0.05, 0) is 61.9 Å². The molecule has 144 valence electrons. The molecule has 0 aliphatic carbocycles. The minimum absolute atomic E-state index is 0.227. The lowest BCUT2D eigenvalue weighted by Crippen LogP contribution is -2.21. The molecule has 0 bridgehead atoms. The molecule has 6 heteroatoms. The maximum absolute atomic E-state index is 12.4. The van der Waals surface area contributed by atoms with Crippen LogP contribution in [0, 0.1) is 0 Å². The van der Waals surface area contributed by atoms with Crippen molar-refractivity contribution in [3.63, 3.8) is 0 Å². The second kappa shape index (κ2) is 9.50. The van der Waals surface area contributed by atoms with Crippen molar-refractivity contribution in [2.75, 3.05) is 28.6 Å². The highest BCUT2D eigenvalue weighted by Gasteiger charge is 2.08. The third-order valence-electron chi connectivity index (χ3n) is 4.47. The summed E-state index contributed by atoms with van der Waals surface area (Å²) in [6, 6.07) is 15.3. The molecule has 2 N–H and O–H groups in total. The van der Waals surface area contributed by atoms with Crippen LogP contribution in [0.15, 0.2) is 67.1 Å². The Hall–Kier alpha value is -3.41. The Bertz CT molecular complexity index is 875. The van der Waals surface area contributed by atoms with E-state index in [4.69, 9.17) is 0 Å². The molecule has 0 atom stereocenters. The molecule has 2 aromatic heterocycles. The molecular weight excluding hydrogens is 350 g/mol. The maximum atomic E-state index is 12.4. The average molecular weight is 375 g/mol. The summed E-state index contributed by atoms with van der Waals surface area (Å²) in [4.78, 5) is 23.0. The molecule has 1 aromatic carbocycles. The number of benzene rings is 1. The molecule has 0 saturated carbocycles. The Labute approximate surface area is 165 Å². The van der Waals surface area contributed by atoms with Crippen LogP contribution in [0.2, 0.25) is 0 Å². The second-order valence-corrected chi connectivity index (χ2v) is 6.32. The molecule has 0 radical (unpaired) electrons. The van der Waals surface area contributed by atoms with Crippen molar-refractivity contribution in [1.82, 2.24) is 9.97 Å². The quantitative estimate of drug-likeness (QED) is 0.618. The first-order chi connectivity index (χ1) is 13.7. The maximum Gasteiger partial charge on any atom is 0.274 e. The molecule has 2 heterocycles. The van der Waals surface area contributed by atoms with Gasteiger partial charge in [0.05, 0.1) is 11.9 Å². The number of rotatable bonds is 8. The molecule has 0 unspecified atom stereocenters. The van der Waals surface area contributed by atoms with E-state index in [2.05, 4.69) is 39.3 Å². The molecule has 3 aromatic rings. The number of anilines is 3. The van der Waals surface area contributed by atoms with E-state index < -0.39 is 0 Å². The Morgan fingerprint density at radius 3 is 2.32 bits per heavy atom. The van der Waals surface area contributed by atoms with E-state index in [0.29, 0.717) is 12.2 Å². The second-order valence-electron chi connectivity index (χ2n) is 6.32. The number of aromatic nitrogens is 2. The summed E-state index contributed by atoms with van der Waals surface area (Å²) in [5, 5.41) is 6.15. The predicted molar refractivity (Wildman–Crippen MR) is 114 cm³/mol. The molecule has 6 nitrogen and oxygen atoms in total. The largest absolute Gasteiger partial charge is 0.380 e. The standard InChI is InChI=1S/C22H25N5O/c1-3-27(4-2)20-10-7-18(8-11-20)26-22(28)21-12-9-19(16-25-21)24-15-17-6-5-13-23-14-17/h5-14,16,24H,3-4,15H2,1-2H3,(H,26,28). The molecule has 0 aliphatic rings. The molecule has 28 heavy (non-hydrogen) atoms. The summed E-state index contributed by atoms with van der Waals surface area (Å²) < 4.78 is 0. The smallest absolute Gasteiger partial charge is 0.274 e. The van der Waals surface area contributed by atoms with Gasteiger partial charge in [0, 0.05) is 43.4 Å². The van der Waals surface area contributed by atoms with Gasteiger partial charge in [0.1, 0.15) is 5.69 Å². The van der Waals surface area contributed by atoms with Crippen LogP contribution < -0.4 is 15.5 Å². The zero-order valence-corrected chi connectivity index (χ0v) is 16.2. The van der Waals surface area contributed by atoms with Gasteiger partial charge in [-0.1, -0.05) is 6.07 Å². The zero-order chi connectivity index (χ0) is 19.8. The van der Waals surface area contributed by atoms with Crippen LogP contribution in [0.1, 0.15) is 29.9 Å². The van der Waals surface area contributed by atoms with Crippen LogP contribution in [0.25, 0.3) is 0 Å². The highest BCUT2D eigenvalue weighted by molar-refractivity contribution is 6.03. The summed E-state index contributed by atoms with van der Waals surface area (Å²) >= 11 is 0. The average Bonchev–Trinajstić information content (AvgIpc) is 2.75. The summed E-state index contributed by atoms with van der Waals surface area (Å²) in [6.07, 6.45) is 5.22. The van der Waals surface area contributed by atoms with Crippen LogP contribution in [0.5, 0.6) is 0 Å². The van der Waals surface area contributed by atoms with Crippen molar-refractivity contribution in [2.45, 2.75) is 20.4 Å². The van der Waals surface area contributed by atoms with E-state index in [-0.39, 0.29) is 5.91 Å². The van der Waals surface area contributed by atoms with Gasteiger partial charge in [0.25, 0.3) is 5.91 Å². The number of carbonyl (C=O) groups excluding carboxylic acids is 1. The molecule has 0 fully saturated rings. The zero-order valence-electron chi connectivity index (χ0n) is 16.2. The summed E-state index contributed by atoms with van der Waals surface area (Å²) in [6.45, 7) is 6.81. The van der Waals surface area contributed by atoms with Crippen LogP contribution in [-0.4, -0.2) is 29.0 Å². The molecule has 1 amide bonds. The van der Waals surface area contributed by atoms with Gasteiger partial charge in [-0.25, -0.2) is 4.98 Å². The minimum atomic E-state index is -0.227. The van der Waals surface area contributed by atoms with Crippen molar-refractivity contribution in [1.29, 1.82) is 0 Å². The van der Waals surface area contributed by atoms with Crippen molar-refractivity contribution in [2.24, 2.45) is 0 Å². The van der Waals surface area contributed by atoms with Gasteiger partial charge in [0.15, 0.2) is 0 Å². The molecule has 0 aliphatic heterocycles. The van der Waals surface area contributed by atoms with Gasteiger partial charge in [-0.2, -0.15) is 0 Å². The molecule has 0 spiro atoms. The Morgan fingerprint density at radius 1 is 0.964 bits per heavy atom. The predicted octanol–water partition coefficient (Wildman–Crippen LogP) is 4.19. The lowest BCUT2D eigenvalue weighted by Gasteiger charge is -2.21. The first-order valence-electron chi connectivity index (χ1n) is 9.44. The van der Waals surface area contributed by atoms with E-state index in [1.807, 2.05) is 48.7 Å². The Morgan fingerprint density at radius 2 is 1.71 bits per heavy atom. The van der Waals surface area contributed by atoms with Crippen molar-refractivity contribution < 1.29 is 4.79 Å². The number of pyridine rings is 2. The monoisotopic (exact) mass is 375 g/mol. The van der Waals surface area contributed by atoms with Crippen LogP contribution >= 0.6 is 0 Å². The van der Waals surface area contributed by atoms with Crippen molar-refractivity contribution >= 4 is 23.0 Å². The van der Waals surface area contributed by atoms with E-state index >= 15 is 0 Å². The third kappa shape index (κ3) is 5.07. The third-order valence-corrected chi connectivity index (χ3v) is 4.47. The summed E-state index contributed by atoms with van der Waals surface area (Å²) in [5.74, 6) is -0.227. The van der Waals surface area contributed by atoms with Crippen LogP contribution in [0.4, 0.5) is 17.1 Å². The van der Waals surface area contributed by atoms with Crippen LogP contribution in [0.3, 0.4) is 0 Å². The summed E-state index contributed by atoms with van der Waals surface area (Å²) in [5.41, 5.74) is 4.20. The first-order valence-corrected chi connectivity index (χ1v) is 9.44. The lowest BCUT2D eigenvalue weighted by atomic mass is 10.2. The van der Waals surface area contributed by atoms with Gasteiger partial charge in [-0.15, -0.1) is 0 Å². The van der Waals surface area contributed by atoms with Crippen molar-refractivity contribution in [3.8, 4) is 0 Å². The number of hydrogen-bond donors (Lipinski definition) is 2. The normalized spacial score (nSPS) is 10.4. The molecule has 0 saturated heterocycles. The van der Waals surface area contributed by atoms with Gasteiger partial charge in [0.2, 0.25) is 0 Å². The molecule has 3 rings (SSSR count). The summed E-state index contributed by atoms with van der Waals surface area (Å²) in [7, 11) is 0. The minimum Gasteiger partial charge on any atom is -0.380 e. The lowest BCUT2D eigenvalue weighted by molar-refractivity contribution is 0.102. The number of nitrogens with zero attached hydrogens (tertiary/aromatic N) is 3. The first kappa shape index (κ1) is 19.4. The fourth-order valence-corrected chi connectivity index (χ4v) is 2.88. The highest BCUT2D eigenvalue weighted by Crippen LogP contribution is 2.18. The van der Waals surface area contributed by atoms with E-state index in [0.717, 1.165) is 35.7 Å². The molecular formula is C22H25N5O. The van der Waals surface area contributed by atoms with E-state index in [1.165, 1.54) is 0 Å². The topological polar surface area (TPSA) is 70.2 Å². The number of amides is 1. The van der Waals surface area contributed by atoms with Gasteiger partial charge in [-0.3, -0.25) is 9.78 Å². The number of hydrogen-bond acceptors (Lipinski definition) is 5. The van der Waals surface area contributed by atoms with E-state index in [1.54, 1.807) is 18.5 Å². The van der Waals surface area contributed by atoms with E-state index in [9.17, 15) is 4.79 Å². The van der Waals surface area contributed by atoms with Crippen molar-refractivity contribution in [3.05, 3.63) is 78.4 Å². The number of carbonyl (C=O) groups is 1. The Balaban J connectivity index is 1.57. The van der Waals surface area contributed by atoms with Crippen LogP contribution in [-0.2, 0) is 6.54 Å². The SMILES string of the molecule is CCN(CC)c1ccc(NC(=O)c2ccc(NCc3cccnc3)cn2)cc1. The Kier molecular flexibility index (Phi) is 6.57.